The normalized spacial score (nSPS) is 13.9. The van der Waals surface area contributed by atoms with Crippen LogP contribution in [0.1, 0.15) is 22.3 Å². The predicted molar refractivity (Wildman–Crippen MR) is 111 cm³/mol. The highest BCUT2D eigenvalue weighted by Crippen LogP contribution is 2.32. The molecule has 0 unspecified atom stereocenters. The van der Waals surface area contributed by atoms with Crippen molar-refractivity contribution < 1.29 is 27.4 Å². The summed E-state index contributed by atoms with van der Waals surface area (Å²) in [5.41, 5.74) is 0.115. The van der Waals surface area contributed by atoms with E-state index in [1.54, 1.807) is 7.05 Å². The summed E-state index contributed by atoms with van der Waals surface area (Å²) in [6, 6.07) is 9.54. The number of anilines is 1. The fraction of sp³-hybridized carbons (Fsp3) is 0.333. The highest BCUT2D eigenvalue weighted by atomic mass is 19.4. The third-order valence-electron chi connectivity index (χ3n) is 4.41. The van der Waals surface area contributed by atoms with E-state index in [1.807, 2.05) is 18.2 Å². The molecule has 0 saturated heterocycles. The molecule has 1 amide bonds. The summed E-state index contributed by atoms with van der Waals surface area (Å²) in [7, 11) is 1.61. The molecule has 1 aliphatic rings. The van der Waals surface area contributed by atoms with Crippen LogP contribution in [-0.2, 0) is 6.18 Å². The van der Waals surface area contributed by atoms with Crippen molar-refractivity contribution >= 4 is 17.6 Å². The van der Waals surface area contributed by atoms with Crippen LogP contribution >= 0.6 is 0 Å². The van der Waals surface area contributed by atoms with E-state index >= 15 is 0 Å². The van der Waals surface area contributed by atoms with Crippen LogP contribution in [0.3, 0.4) is 0 Å². The number of hydrogen-bond acceptors (Lipinski definition) is 4. The van der Waals surface area contributed by atoms with Crippen LogP contribution in [0.4, 0.5) is 18.9 Å². The second kappa shape index (κ2) is 10.1. The molecule has 1 heterocycles. The van der Waals surface area contributed by atoms with Crippen LogP contribution in [0.5, 0.6) is 11.5 Å². The van der Waals surface area contributed by atoms with Gasteiger partial charge in [-0.2, -0.15) is 13.2 Å². The van der Waals surface area contributed by atoms with Crippen molar-refractivity contribution in [1.82, 2.24) is 10.6 Å². The summed E-state index contributed by atoms with van der Waals surface area (Å²) in [5.74, 6) is 1.37. The van der Waals surface area contributed by atoms with Crippen molar-refractivity contribution in [3.63, 3.8) is 0 Å². The van der Waals surface area contributed by atoms with Gasteiger partial charge in [0.25, 0.3) is 5.91 Å². The maximum atomic E-state index is 12.6. The maximum absolute atomic E-state index is 12.6. The number of ether oxygens (including phenoxy) is 2. The quantitative estimate of drug-likeness (QED) is 0.381. The highest BCUT2D eigenvalue weighted by molar-refractivity contribution is 5.95. The van der Waals surface area contributed by atoms with Crippen LogP contribution in [0.2, 0.25) is 0 Å². The van der Waals surface area contributed by atoms with Crippen LogP contribution in [0.25, 0.3) is 0 Å². The fourth-order valence-electron chi connectivity index (χ4n) is 2.83. The zero-order valence-electron chi connectivity index (χ0n) is 16.9. The second-order valence-electron chi connectivity index (χ2n) is 6.67. The van der Waals surface area contributed by atoms with Gasteiger partial charge in [-0.1, -0.05) is 0 Å². The lowest BCUT2D eigenvalue weighted by molar-refractivity contribution is -0.137. The molecule has 2 aromatic rings. The number of halogens is 3. The summed E-state index contributed by atoms with van der Waals surface area (Å²) >= 11 is 0. The number of rotatable bonds is 5. The number of nitrogens with one attached hydrogen (secondary N) is 3. The van der Waals surface area contributed by atoms with Gasteiger partial charge in [0.2, 0.25) is 0 Å². The number of amides is 1. The van der Waals surface area contributed by atoms with Gasteiger partial charge in [-0.15, -0.1) is 0 Å². The zero-order valence-corrected chi connectivity index (χ0v) is 16.9. The van der Waals surface area contributed by atoms with E-state index in [4.69, 9.17) is 9.47 Å². The van der Waals surface area contributed by atoms with E-state index in [0.717, 1.165) is 36.4 Å². The number of fused-ring (bicyclic) bond motifs is 1. The molecule has 3 rings (SSSR count). The second-order valence-corrected chi connectivity index (χ2v) is 6.67. The van der Waals surface area contributed by atoms with Crippen molar-refractivity contribution in [1.29, 1.82) is 0 Å². The minimum absolute atomic E-state index is 0.155. The molecule has 166 valence electrons. The number of guanidine groups is 1. The average molecular weight is 436 g/mol. The molecule has 3 N–H and O–H groups in total. The smallest absolute Gasteiger partial charge is 0.416 e. The van der Waals surface area contributed by atoms with Gasteiger partial charge in [-0.25, -0.2) is 0 Å². The van der Waals surface area contributed by atoms with Crippen LogP contribution in [0.15, 0.2) is 47.5 Å². The zero-order chi connectivity index (χ0) is 22.3. The minimum atomic E-state index is -4.43. The van der Waals surface area contributed by atoms with E-state index in [2.05, 4.69) is 20.9 Å². The van der Waals surface area contributed by atoms with Crippen molar-refractivity contribution in [2.24, 2.45) is 4.99 Å². The first kappa shape index (κ1) is 22.3. The summed E-state index contributed by atoms with van der Waals surface area (Å²) in [6.45, 7) is 1.81. The van der Waals surface area contributed by atoms with Crippen molar-refractivity contribution in [3.8, 4) is 11.5 Å². The number of hydrogen-bond donors (Lipinski definition) is 3. The standard InChI is InChI=1S/C21H23F3N4O3/c1-25-20(28-16-7-8-17-18(13-16)31-12-2-11-30-17)27-10-9-26-19(29)14-3-5-15(6-4-14)21(22,23)24/h3-8,13H,2,9-12H2,1H3,(H,26,29)(H2,25,27,28). The topological polar surface area (TPSA) is 84.0 Å². The van der Waals surface area contributed by atoms with E-state index in [-0.39, 0.29) is 12.1 Å². The van der Waals surface area contributed by atoms with Gasteiger partial charge in [-0.3, -0.25) is 9.79 Å². The average Bonchev–Trinajstić information content (AvgIpc) is 3.00. The Labute approximate surface area is 177 Å². The molecule has 0 atom stereocenters. The van der Waals surface area contributed by atoms with Gasteiger partial charge in [0, 0.05) is 43.9 Å². The number of carbonyl (C=O) groups is 1. The molecular weight excluding hydrogens is 413 g/mol. The molecular formula is C21H23F3N4O3. The SMILES string of the molecule is CN=C(NCCNC(=O)c1ccc(C(F)(F)F)cc1)Nc1ccc2c(c1)OCCCO2. The lowest BCUT2D eigenvalue weighted by Gasteiger charge is -2.14. The predicted octanol–water partition coefficient (Wildman–Crippen LogP) is 3.28. The van der Waals surface area contributed by atoms with E-state index in [9.17, 15) is 18.0 Å². The number of aliphatic imine (C=N–C) groups is 1. The molecule has 0 aliphatic carbocycles. The molecule has 1 aliphatic heterocycles. The highest BCUT2D eigenvalue weighted by Gasteiger charge is 2.30. The Hall–Kier alpha value is -3.43. The molecule has 31 heavy (non-hydrogen) atoms. The molecule has 0 radical (unpaired) electrons. The minimum Gasteiger partial charge on any atom is -0.490 e. The molecule has 2 aromatic carbocycles. The Kier molecular flexibility index (Phi) is 7.22. The molecule has 0 spiro atoms. The number of alkyl halides is 3. The van der Waals surface area contributed by atoms with Crippen molar-refractivity contribution in [2.75, 3.05) is 38.7 Å². The number of benzene rings is 2. The van der Waals surface area contributed by atoms with Crippen LogP contribution in [-0.4, -0.2) is 45.2 Å². The van der Waals surface area contributed by atoms with E-state index in [0.29, 0.717) is 37.2 Å². The van der Waals surface area contributed by atoms with Crippen molar-refractivity contribution in [2.45, 2.75) is 12.6 Å². The number of nitrogens with zero attached hydrogens (tertiary/aromatic N) is 1. The van der Waals surface area contributed by atoms with E-state index in [1.165, 1.54) is 0 Å². The Morgan fingerprint density at radius 1 is 1.00 bits per heavy atom. The first-order chi connectivity index (χ1) is 14.9. The van der Waals surface area contributed by atoms with Gasteiger partial charge in [0.1, 0.15) is 0 Å². The maximum Gasteiger partial charge on any atom is 0.416 e. The van der Waals surface area contributed by atoms with Gasteiger partial charge < -0.3 is 25.4 Å². The van der Waals surface area contributed by atoms with E-state index < -0.39 is 17.6 Å². The van der Waals surface area contributed by atoms with Gasteiger partial charge >= 0.3 is 6.18 Å². The van der Waals surface area contributed by atoms with Crippen LogP contribution in [0, 0.1) is 0 Å². The largest absolute Gasteiger partial charge is 0.490 e. The summed E-state index contributed by atoms with van der Waals surface area (Å²) in [4.78, 5) is 16.2. The van der Waals surface area contributed by atoms with Gasteiger partial charge in [0.05, 0.1) is 18.8 Å². The van der Waals surface area contributed by atoms with Crippen LogP contribution < -0.4 is 25.4 Å². The Bertz CT molecular complexity index is 930. The Balaban J connectivity index is 1.46. The molecule has 0 aromatic heterocycles. The Morgan fingerprint density at radius 3 is 2.35 bits per heavy atom. The van der Waals surface area contributed by atoms with Gasteiger partial charge in [-0.05, 0) is 36.4 Å². The molecule has 0 saturated carbocycles. The molecule has 7 nitrogen and oxygen atoms in total. The number of carbonyl (C=O) groups excluding carboxylic acids is 1. The summed E-state index contributed by atoms with van der Waals surface area (Å²) < 4.78 is 49.1. The summed E-state index contributed by atoms with van der Waals surface area (Å²) in [5, 5.41) is 8.82. The fourth-order valence-corrected chi connectivity index (χ4v) is 2.83. The molecule has 0 fully saturated rings. The summed E-state index contributed by atoms with van der Waals surface area (Å²) in [6.07, 6.45) is -3.61. The first-order valence-corrected chi connectivity index (χ1v) is 9.69. The lowest BCUT2D eigenvalue weighted by atomic mass is 10.1. The molecule has 0 bridgehead atoms. The van der Waals surface area contributed by atoms with Gasteiger partial charge in [0.15, 0.2) is 17.5 Å². The first-order valence-electron chi connectivity index (χ1n) is 9.69. The third kappa shape index (κ3) is 6.27. The molecule has 10 heteroatoms. The monoisotopic (exact) mass is 436 g/mol. The third-order valence-corrected chi connectivity index (χ3v) is 4.41. The van der Waals surface area contributed by atoms with Crippen molar-refractivity contribution in [3.05, 3.63) is 53.6 Å². The lowest BCUT2D eigenvalue weighted by Crippen LogP contribution is -2.37. The Morgan fingerprint density at radius 2 is 1.68 bits per heavy atom.